The van der Waals surface area contributed by atoms with Crippen molar-refractivity contribution in [2.45, 2.75) is 12.8 Å². The molecule has 1 amide bonds. The molecule has 0 radical (unpaired) electrons. The Hall–Kier alpha value is -1.59. The van der Waals surface area contributed by atoms with Crippen molar-refractivity contribution in [1.29, 1.82) is 0 Å². The summed E-state index contributed by atoms with van der Waals surface area (Å²) in [6, 6.07) is 7.50. The molecule has 3 N–H and O–H groups in total. The average molecular weight is 270 g/mol. The molecule has 1 aromatic heterocycles. The number of nitrogens with one attached hydrogen (secondary N) is 1. The quantitative estimate of drug-likeness (QED) is 0.801. The number of hydrogen-bond acceptors (Lipinski definition) is 4. The predicted octanol–water partition coefficient (Wildman–Crippen LogP) is 1.26. The highest BCUT2D eigenvalue weighted by Gasteiger charge is 2.11. The minimum Gasteiger partial charge on any atom is -0.356 e. The number of carbonyl (C=O) groups is 1. The topological polar surface area (TPSA) is 81.1 Å². The van der Waals surface area contributed by atoms with Crippen molar-refractivity contribution in [2.24, 2.45) is 5.73 Å². The predicted molar refractivity (Wildman–Crippen MR) is 71.6 cm³/mol. The van der Waals surface area contributed by atoms with E-state index in [4.69, 9.17) is 10.3 Å². The maximum absolute atomic E-state index is 11.6. The fourth-order valence-electron chi connectivity index (χ4n) is 1.61. The summed E-state index contributed by atoms with van der Waals surface area (Å²) in [4.78, 5) is 11.6. The van der Waals surface area contributed by atoms with Crippen LogP contribution in [0, 0.1) is 0 Å². The molecule has 0 spiro atoms. The van der Waals surface area contributed by atoms with Gasteiger partial charge in [-0.1, -0.05) is 17.3 Å². The van der Waals surface area contributed by atoms with Gasteiger partial charge in [-0.2, -0.15) is 0 Å². The molecular weight excluding hydrogens is 254 g/mol. The van der Waals surface area contributed by atoms with Gasteiger partial charge in [-0.3, -0.25) is 4.79 Å². The van der Waals surface area contributed by atoms with Crippen LogP contribution in [-0.4, -0.2) is 24.2 Å². The van der Waals surface area contributed by atoms with Crippen LogP contribution in [0.4, 0.5) is 0 Å². The largest absolute Gasteiger partial charge is 0.356 e. The fraction of sp³-hybridized carbons (Fsp3) is 0.333. The van der Waals surface area contributed by atoms with Crippen molar-refractivity contribution in [3.05, 3.63) is 30.0 Å². The maximum Gasteiger partial charge on any atom is 0.226 e. The number of nitrogens with two attached hydrogens (primary N) is 1. The lowest BCUT2D eigenvalue weighted by Gasteiger charge is -2.01. The molecule has 2 rings (SSSR count). The first-order valence-corrected chi connectivity index (χ1v) is 5.61. The van der Waals surface area contributed by atoms with Crippen molar-refractivity contribution in [3.63, 3.8) is 0 Å². The van der Waals surface area contributed by atoms with Crippen molar-refractivity contribution in [1.82, 2.24) is 10.5 Å². The number of nitrogens with zero attached hydrogens (tertiary/aromatic N) is 1. The summed E-state index contributed by atoms with van der Waals surface area (Å²) in [5.74, 6) is -0.0579. The van der Waals surface area contributed by atoms with Crippen LogP contribution >= 0.6 is 12.4 Å². The highest BCUT2D eigenvalue weighted by molar-refractivity contribution is 5.86. The molecule has 98 valence electrons. The number of fused-ring (bicyclic) bond motifs is 1. The third-order valence-electron chi connectivity index (χ3n) is 2.48. The van der Waals surface area contributed by atoms with E-state index in [9.17, 15) is 4.79 Å². The first-order chi connectivity index (χ1) is 8.31. The zero-order chi connectivity index (χ0) is 12.1. The number of halogens is 1. The number of carbonyl (C=O) groups excluding carboxylic acids is 1. The number of rotatable bonds is 5. The zero-order valence-electron chi connectivity index (χ0n) is 9.89. The van der Waals surface area contributed by atoms with Crippen LogP contribution in [0.1, 0.15) is 12.1 Å². The zero-order valence-corrected chi connectivity index (χ0v) is 10.7. The van der Waals surface area contributed by atoms with E-state index in [-0.39, 0.29) is 24.7 Å². The molecule has 0 saturated carbocycles. The molecule has 5 nitrogen and oxygen atoms in total. The van der Waals surface area contributed by atoms with Gasteiger partial charge in [0, 0.05) is 11.9 Å². The highest BCUT2D eigenvalue weighted by Crippen LogP contribution is 2.17. The van der Waals surface area contributed by atoms with Gasteiger partial charge in [0.15, 0.2) is 5.58 Å². The third-order valence-corrected chi connectivity index (χ3v) is 2.48. The Kier molecular flexibility index (Phi) is 5.61. The van der Waals surface area contributed by atoms with Crippen LogP contribution in [0.2, 0.25) is 0 Å². The van der Waals surface area contributed by atoms with E-state index in [1.807, 2.05) is 24.3 Å². The Labute approximate surface area is 111 Å². The first-order valence-electron chi connectivity index (χ1n) is 5.61. The van der Waals surface area contributed by atoms with Crippen molar-refractivity contribution in [2.75, 3.05) is 13.1 Å². The molecule has 0 aliphatic heterocycles. The molecule has 0 aliphatic rings. The molecule has 1 aromatic carbocycles. The standard InChI is InChI=1S/C12H15N3O2.ClH/c13-6-3-7-14-12(16)8-10-9-4-1-2-5-11(9)17-15-10;/h1-2,4-5H,3,6-8,13H2,(H,14,16);1H. The van der Waals surface area contributed by atoms with E-state index in [0.717, 1.165) is 11.8 Å². The van der Waals surface area contributed by atoms with E-state index in [0.29, 0.717) is 24.4 Å². The third kappa shape index (κ3) is 3.45. The van der Waals surface area contributed by atoms with Gasteiger partial charge in [0.1, 0.15) is 5.69 Å². The highest BCUT2D eigenvalue weighted by atomic mass is 35.5. The van der Waals surface area contributed by atoms with Crippen molar-refractivity contribution in [3.8, 4) is 0 Å². The molecule has 0 unspecified atom stereocenters. The number of benzene rings is 1. The second-order valence-corrected chi connectivity index (χ2v) is 3.79. The van der Waals surface area contributed by atoms with Gasteiger partial charge >= 0.3 is 0 Å². The van der Waals surface area contributed by atoms with E-state index in [1.54, 1.807) is 0 Å². The SMILES string of the molecule is Cl.NCCCNC(=O)Cc1noc2ccccc12. The van der Waals surface area contributed by atoms with Crippen LogP contribution in [0.3, 0.4) is 0 Å². The number of para-hydroxylation sites is 1. The van der Waals surface area contributed by atoms with Gasteiger partial charge in [-0.25, -0.2) is 0 Å². The summed E-state index contributed by atoms with van der Waals surface area (Å²) in [5, 5.41) is 7.58. The van der Waals surface area contributed by atoms with Gasteiger partial charge < -0.3 is 15.6 Å². The Morgan fingerprint density at radius 1 is 1.39 bits per heavy atom. The molecule has 0 fully saturated rings. The van der Waals surface area contributed by atoms with Gasteiger partial charge in [0.2, 0.25) is 5.91 Å². The second kappa shape index (κ2) is 6.98. The monoisotopic (exact) mass is 269 g/mol. The van der Waals surface area contributed by atoms with Crippen LogP contribution in [0.5, 0.6) is 0 Å². The van der Waals surface area contributed by atoms with Gasteiger partial charge in [-0.05, 0) is 25.1 Å². The molecule has 0 saturated heterocycles. The molecule has 0 aliphatic carbocycles. The number of hydrogen-bond donors (Lipinski definition) is 2. The summed E-state index contributed by atoms with van der Waals surface area (Å²) >= 11 is 0. The van der Waals surface area contributed by atoms with E-state index in [2.05, 4.69) is 10.5 Å². The average Bonchev–Trinajstić information content (AvgIpc) is 2.73. The van der Waals surface area contributed by atoms with Crippen LogP contribution in [-0.2, 0) is 11.2 Å². The summed E-state index contributed by atoms with van der Waals surface area (Å²) in [6.45, 7) is 1.18. The summed E-state index contributed by atoms with van der Waals surface area (Å²) in [6.07, 6.45) is 1.02. The molecule has 6 heteroatoms. The molecule has 0 atom stereocenters. The van der Waals surface area contributed by atoms with E-state index in [1.165, 1.54) is 0 Å². The maximum atomic E-state index is 11.6. The van der Waals surface area contributed by atoms with E-state index < -0.39 is 0 Å². The molecular formula is C12H16ClN3O2. The minimum absolute atomic E-state index is 0. The lowest BCUT2D eigenvalue weighted by Crippen LogP contribution is -2.27. The van der Waals surface area contributed by atoms with Gasteiger partial charge in [-0.15, -0.1) is 12.4 Å². The Balaban J connectivity index is 0.00000162. The van der Waals surface area contributed by atoms with E-state index >= 15 is 0 Å². The fourth-order valence-corrected chi connectivity index (χ4v) is 1.61. The Morgan fingerprint density at radius 2 is 2.17 bits per heavy atom. The normalized spacial score (nSPS) is 10.1. The first kappa shape index (κ1) is 14.5. The Morgan fingerprint density at radius 3 is 2.94 bits per heavy atom. The summed E-state index contributed by atoms with van der Waals surface area (Å²) in [5.41, 5.74) is 6.72. The smallest absolute Gasteiger partial charge is 0.226 e. The van der Waals surface area contributed by atoms with Gasteiger partial charge in [0.05, 0.1) is 6.42 Å². The molecule has 2 aromatic rings. The molecule has 18 heavy (non-hydrogen) atoms. The van der Waals surface area contributed by atoms with Crippen LogP contribution in [0.25, 0.3) is 11.0 Å². The van der Waals surface area contributed by atoms with Crippen LogP contribution in [0.15, 0.2) is 28.8 Å². The lowest BCUT2D eigenvalue weighted by atomic mass is 10.1. The Bertz CT molecular complexity index is 513. The summed E-state index contributed by atoms with van der Waals surface area (Å²) < 4.78 is 5.13. The van der Waals surface area contributed by atoms with Crippen LogP contribution < -0.4 is 11.1 Å². The van der Waals surface area contributed by atoms with Crippen molar-refractivity contribution < 1.29 is 9.32 Å². The molecule has 0 bridgehead atoms. The minimum atomic E-state index is -0.0579. The summed E-state index contributed by atoms with van der Waals surface area (Å²) in [7, 11) is 0. The second-order valence-electron chi connectivity index (χ2n) is 3.79. The molecule has 1 heterocycles. The number of aromatic nitrogens is 1. The van der Waals surface area contributed by atoms with Crippen molar-refractivity contribution >= 4 is 29.3 Å². The van der Waals surface area contributed by atoms with Gasteiger partial charge in [0.25, 0.3) is 0 Å². The lowest BCUT2D eigenvalue weighted by molar-refractivity contribution is -0.120. The number of amides is 1.